The maximum absolute atomic E-state index is 13.9. The third-order valence-electron chi connectivity index (χ3n) is 3.09. The Morgan fingerprint density at radius 1 is 1.25 bits per heavy atom. The van der Waals surface area contributed by atoms with Crippen molar-refractivity contribution in [2.24, 2.45) is 0 Å². The molecule has 0 aromatic heterocycles. The molecule has 0 saturated heterocycles. The first kappa shape index (κ1) is 17.7. The highest BCUT2D eigenvalue weighted by Crippen LogP contribution is 2.23. The highest BCUT2D eigenvalue weighted by Gasteiger charge is 2.09. The monoisotopic (exact) mass is 346 g/mol. The van der Waals surface area contributed by atoms with Crippen molar-refractivity contribution >= 4 is 29.6 Å². The molecule has 0 atom stereocenters. The number of rotatable bonds is 7. The summed E-state index contributed by atoms with van der Waals surface area (Å²) in [6.07, 6.45) is 2.98. The molecule has 4 nitrogen and oxygen atoms in total. The number of methoxy groups -OCH3 is 1. The molecule has 1 N–H and O–H groups in total. The van der Waals surface area contributed by atoms with Gasteiger partial charge < -0.3 is 9.84 Å². The number of carboxylic acid groups (broad SMARTS) is 1. The first-order valence-corrected chi connectivity index (χ1v) is 7.99. The number of allylic oxidation sites excluding steroid dienone is 1. The minimum atomic E-state index is -1.03. The number of hydrogen-bond donors (Lipinski definition) is 1. The predicted molar refractivity (Wildman–Crippen MR) is 91.1 cm³/mol. The fourth-order valence-corrected chi connectivity index (χ4v) is 2.56. The van der Waals surface area contributed by atoms with Crippen LogP contribution in [-0.4, -0.2) is 29.7 Å². The maximum atomic E-state index is 13.9. The lowest BCUT2D eigenvalue weighted by atomic mass is 10.1. The highest BCUT2D eigenvalue weighted by molar-refractivity contribution is 8.00. The number of thioether (sulfide) groups is 1. The summed E-state index contributed by atoms with van der Waals surface area (Å²) in [5.41, 5.74) is 0.989. The summed E-state index contributed by atoms with van der Waals surface area (Å²) in [5.74, 6) is -1.54. The summed E-state index contributed by atoms with van der Waals surface area (Å²) in [6, 6.07) is 11.2. The van der Waals surface area contributed by atoms with Crippen LogP contribution in [0.15, 0.2) is 53.4 Å². The van der Waals surface area contributed by atoms with Crippen LogP contribution in [0.3, 0.4) is 0 Å². The molecule has 24 heavy (non-hydrogen) atoms. The van der Waals surface area contributed by atoms with E-state index in [1.165, 1.54) is 18.2 Å². The van der Waals surface area contributed by atoms with Crippen LogP contribution in [0.2, 0.25) is 0 Å². The Kier molecular flexibility index (Phi) is 6.14. The van der Waals surface area contributed by atoms with Crippen molar-refractivity contribution in [3.8, 4) is 5.75 Å². The molecule has 2 rings (SSSR count). The van der Waals surface area contributed by atoms with Crippen LogP contribution in [0.25, 0.3) is 6.08 Å². The van der Waals surface area contributed by atoms with E-state index < -0.39 is 11.8 Å². The third kappa shape index (κ3) is 4.96. The standard InChI is InChI=1S/C18H15FO4S/c1-23-14-4-2-3-12(9-14)5-7-16(20)13-6-8-17(15(19)10-13)24-11-18(21)22/h2-10H,11H2,1H3,(H,21,22). The normalized spacial score (nSPS) is 10.8. The molecular formula is C18H15FO4S. The molecule has 124 valence electrons. The van der Waals surface area contributed by atoms with E-state index in [0.29, 0.717) is 5.75 Å². The zero-order valence-corrected chi connectivity index (χ0v) is 13.7. The summed E-state index contributed by atoms with van der Waals surface area (Å²) in [6.45, 7) is 0. The number of ketones is 1. The average Bonchev–Trinajstić information content (AvgIpc) is 2.58. The molecule has 0 heterocycles. The third-order valence-corrected chi connectivity index (χ3v) is 4.12. The molecule has 0 aliphatic carbocycles. The van der Waals surface area contributed by atoms with E-state index in [2.05, 4.69) is 0 Å². The van der Waals surface area contributed by atoms with Gasteiger partial charge in [0.25, 0.3) is 0 Å². The van der Waals surface area contributed by atoms with Gasteiger partial charge in [-0.15, -0.1) is 11.8 Å². The SMILES string of the molecule is COc1cccc(C=CC(=O)c2ccc(SCC(=O)O)c(F)c2)c1. The quantitative estimate of drug-likeness (QED) is 0.468. The first-order valence-electron chi connectivity index (χ1n) is 7.00. The molecule has 0 amide bonds. The molecule has 0 saturated carbocycles. The Bertz CT molecular complexity index is 786. The molecule has 0 fully saturated rings. The Morgan fingerprint density at radius 2 is 2.04 bits per heavy atom. The second-order valence-corrected chi connectivity index (χ2v) is 5.82. The van der Waals surface area contributed by atoms with Crippen LogP contribution >= 0.6 is 11.8 Å². The van der Waals surface area contributed by atoms with Gasteiger partial charge in [0, 0.05) is 10.5 Å². The van der Waals surface area contributed by atoms with E-state index in [-0.39, 0.29) is 22.0 Å². The van der Waals surface area contributed by atoms with Crippen molar-refractivity contribution < 1.29 is 23.8 Å². The number of benzene rings is 2. The number of hydrogen-bond acceptors (Lipinski definition) is 4. The Balaban J connectivity index is 2.10. The summed E-state index contributed by atoms with van der Waals surface area (Å²) in [7, 11) is 1.56. The molecule has 0 radical (unpaired) electrons. The Morgan fingerprint density at radius 3 is 2.71 bits per heavy atom. The van der Waals surface area contributed by atoms with Gasteiger partial charge in [-0.2, -0.15) is 0 Å². The van der Waals surface area contributed by atoms with Gasteiger partial charge in [-0.25, -0.2) is 4.39 Å². The smallest absolute Gasteiger partial charge is 0.313 e. The molecule has 0 spiro atoms. The van der Waals surface area contributed by atoms with Gasteiger partial charge in [0.05, 0.1) is 12.9 Å². The fourth-order valence-electron chi connectivity index (χ4n) is 1.92. The fraction of sp³-hybridized carbons (Fsp3) is 0.111. The van der Waals surface area contributed by atoms with Crippen LogP contribution < -0.4 is 4.74 Å². The van der Waals surface area contributed by atoms with Crippen molar-refractivity contribution in [3.05, 3.63) is 65.5 Å². The number of carbonyl (C=O) groups excluding carboxylic acids is 1. The Labute approximate surface area is 143 Å². The van der Waals surface area contributed by atoms with Crippen LogP contribution in [-0.2, 0) is 4.79 Å². The van der Waals surface area contributed by atoms with Crippen LogP contribution in [0.1, 0.15) is 15.9 Å². The second-order valence-electron chi connectivity index (χ2n) is 4.80. The maximum Gasteiger partial charge on any atom is 0.313 e. The number of carboxylic acids is 1. The van der Waals surface area contributed by atoms with Crippen molar-refractivity contribution in [2.75, 3.05) is 12.9 Å². The number of halogens is 1. The summed E-state index contributed by atoms with van der Waals surface area (Å²) in [5, 5.41) is 8.61. The van der Waals surface area contributed by atoms with E-state index in [0.717, 1.165) is 23.4 Å². The van der Waals surface area contributed by atoms with Gasteiger partial charge in [0.15, 0.2) is 5.78 Å². The lowest BCUT2D eigenvalue weighted by Crippen LogP contribution is -2.00. The molecule has 0 aliphatic rings. The van der Waals surface area contributed by atoms with Gasteiger partial charge in [-0.1, -0.05) is 18.2 Å². The van der Waals surface area contributed by atoms with Gasteiger partial charge in [-0.3, -0.25) is 9.59 Å². The van der Waals surface area contributed by atoms with Gasteiger partial charge in [0.1, 0.15) is 11.6 Å². The van der Waals surface area contributed by atoms with Gasteiger partial charge in [-0.05, 0) is 42.0 Å². The summed E-state index contributed by atoms with van der Waals surface area (Å²) >= 11 is 0.872. The van der Waals surface area contributed by atoms with Crippen LogP contribution in [0.5, 0.6) is 5.75 Å². The zero-order chi connectivity index (χ0) is 17.5. The average molecular weight is 346 g/mol. The second kappa shape index (κ2) is 8.31. The van der Waals surface area contributed by atoms with E-state index in [1.54, 1.807) is 31.4 Å². The molecule has 0 unspecified atom stereocenters. The lowest BCUT2D eigenvalue weighted by molar-refractivity contribution is -0.133. The molecular weight excluding hydrogens is 331 g/mol. The summed E-state index contributed by atoms with van der Waals surface area (Å²) < 4.78 is 19.0. The summed E-state index contributed by atoms with van der Waals surface area (Å²) in [4.78, 5) is 22.8. The van der Waals surface area contributed by atoms with E-state index in [9.17, 15) is 14.0 Å². The molecule has 0 aliphatic heterocycles. The van der Waals surface area contributed by atoms with Crippen molar-refractivity contribution in [1.82, 2.24) is 0 Å². The van der Waals surface area contributed by atoms with E-state index in [1.807, 2.05) is 6.07 Å². The first-order chi connectivity index (χ1) is 11.5. The minimum absolute atomic E-state index is 0.200. The predicted octanol–water partition coefficient (Wildman–Crippen LogP) is 3.91. The van der Waals surface area contributed by atoms with Gasteiger partial charge in [0.2, 0.25) is 0 Å². The topological polar surface area (TPSA) is 63.6 Å². The molecule has 0 bridgehead atoms. The number of carbonyl (C=O) groups is 2. The Hall–Kier alpha value is -2.60. The van der Waals surface area contributed by atoms with E-state index >= 15 is 0 Å². The molecule has 2 aromatic carbocycles. The highest BCUT2D eigenvalue weighted by atomic mass is 32.2. The van der Waals surface area contributed by atoms with Gasteiger partial charge >= 0.3 is 5.97 Å². The van der Waals surface area contributed by atoms with Crippen molar-refractivity contribution in [3.63, 3.8) is 0 Å². The molecule has 6 heteroatoms. The van der Waals surface area contributed by atoms with Crippen LogP contribution in [0.4, 0.5) is 4.39 Å². The minimum Gasteiger partial charge on any atom is -0.497 e. The van der Waals surface area contributed by atoms with E-state index in [4.69, 9.17) is 9.84 Å². The number of aliphatic carboxylic acids is 1. The van der Waals surface area contributed by atoms with Crippen molar-refractivity contribution in [2.45, 2.75) is 4.90 Å². The van der Waals surface area contributed by atoms with Crippen LogP contribution in [0, 0.1) is 5.82 Å². The molecule has 2 aromatic rings. The van der Waals surface area contributed by atoms with Crippen molar-refractivity contribution in [1.29, 1.82) is 0 Å². The lowest BCUT2D eigenvalue weighted by Gasteiger charge is -2.03. The largest absolute Gasteiger partial charge is 0.497 e. The number of ether oxygens (including phenoxy) is 1. The zero-order valence-electron chi connectivity index (χ0n) is 12.9.